The normalized spacial score (nSPS) is 42.4. The lowest BCUT2D eigenvalue weighted by Crippen LogP contribution is -2.79. The first kappa shape index (κ1) is 12.8. The lowest BCUT2D eigenvalue weighted by molar-refractivity contribution is -0.980. The number of hydrogen-bond acceptors (Lipinski definition) is 6. The molecular formula is C10H20N4O3S. The van der Waals surface area contributed by atoms with Crippen LogP contribution in [-0.2, 0) is 10.1 Å². The van der Waals surface area contributed by atoms with Crippen molar-refractivity contribution in [1.82, 2.24) is 14.7 Å². The average molecular weight is 276 g/mol. The van der Waals surface area contributed by atoms with E-state index in [1.807, 2.05) is 0 Å². The monoisotopic (exact) mass is 276 g/mol. The van der Waals surface area contributed by atoms with E-state index in [0.29, 0.717) is 6.42 Å². The molecule has 18 heavy (non-hydrogen) atoms. The number of nitrogens with zero attached hydrogens (tertiary/aromatic N) is 4. The van der Waals surface area contributed by atoms with E-state index >= 15 is 0 Å². The lowest BCUT2D eigenvalue weighted by atomic mass is 10.2. The van der Waals surface area contributed by atoms with Crippen LogP contribution in [0.5, 0.6) is 0 Å². The van der Waals surface area contributed by atoms with Gasteiger partial charge in [0.1, 0.15) is 20.0 Å². The van der Waals surface area contributed by atoms with Crippen molar-refractivity contribution in [3.05, 3.63) is 0 Å². The molecule has 4 saturated heterocycles. The fraction of sp³-hybridized carbons (Fsp3) is 1.00. The Hall–Kier alpha value is -0.250. The maximum atomic E-state index is 10.6. The van der Waals surface area contributed by atoms with Crippen molar-refractivity contribution < 1.29 is 17.5 Å². The first-order chi connectivity index (χ1) is 8.44. The summed E-state index contributed by atoms with van der Waals surface area (Å²) in [5.41, 5.74) is 0. The number of hydrogen-bond donors (Lipinski definition) is 0. The molecule has 0 saturated carbocycles. The summed E-state index contributed by atoms with van der Waals surface area (Å²) in [6.07, 6.45) is 1.31. The van der Waals surface area contributed by atoms with E-state index in [0.717, 1.165) is 57.5 Å². The molecule has 104 valence electrons. The van der Waals surface area contributed by atoms with Gasteiger partial charge in [0, 0.05) is 5.75 Å². The molecular weight excluding hydrogens is 256 g/mol. The minimum absolute atomic E-state index is 0.218. The molecule has 4 fully saturated rings. The fourth-order valence-corrected chi connectivity index (χ4v) is 4.15. The SMILES string of the molecule is O=S(=O)([O-])CCCC[N+]12CN3CN(CN(C3)C1)C2. The van der Waals surface area contributed by atoms with Gasteiger partial charge in [-0.1, -0.05) is 0 Å². The van der Waals surface area contributed by atoms with Gasteiger partial charge in [0.05, 0.1) is 36.7 Å². The molecule has 0 atom stereocenters. The predicted octanol–water partition coefficient (Wildman–Crippen LogP) is -1.18. The van der Waals surface area contributed by atoms with Crippen molar-refractivity contribution in [1.29, 1.82) is 0 Å². The highest BCUT2D eigenvalue weighted by molar-refractivity contribution is 7.85. The standard InChI is InChI=1S/C10H20N4O3S/c15-18(16,17)4-2-1-3-14-8-11-5-12(9-14)7-13(6-11)10-14/h1-10H2. The molecule has 0 aromatic rings. The minimum Gasteiger partial charge on any atom is -0.748 e. The van der Waals surface area contributed by atoms with Gasteiger partial charge in [0.15, 0.2) is 0 Å². The van der Waals surface area contributed by atoms with E-state index in [2.05, 4.69) is 14.7 Å². The summed E-state index contributed by atoms with van der Waals surface area (Å²) in [6, 6.07) is 0. The Kier molecular flexibility index (Phi) is 3.12. The fourth-order valence-electron chi connectivity index (χ4n) is 3.60. The van der Waals surface area contributed by atoms with E-state index < -0.39 is 10.1 Å². The van der Waals surface area contributed by atoms with Crippen LogP contribution in [0.15, 0.2) is 0 Å². The van der Waals surface area contributed by atoms with E-state index in [9.17, 15) is 13.0 Å². The Morgan fingerprint density at radius 1 is 0.944 bits per heavy atom. The van der Waals surface area contributed by atoms with Gasteiger partial charge in [-0.15, -0.1) is 0 Å². The van der Waals surface area contributed by atoms with Crippen molar-refractivity contribution >= 4 is 10.1 Å². The smallest absolute Gasteiger partial charge is 0.139 e. The molecule has 0 spiro atoms. The highest BCUT2D eigenvalue weighted by Gasteiger charge is 2.47. The zero-order valence-corrected chi connectivity index (χ0v) is 11.3. The molecule has 0 aromatic carbocycles. The molecule has 4 aliphatic rings. The van der Waals surface area contributed by atoms with Gasteiger partial charge in [-0.3, -0.25) is 4.48 Å². The molecule has 4 rings (SSSR count). The predicted molar refractivity (Wildman–Crippen MR) is 63.6 cm³/mol. The third-order valence-electron chi connectivity index (χ3n) is 3.98. The Labute approximate surface area is 108 Å². The first-order valence-corrected chi connectivity index (χ1v) is 7.98. The molecule has 0 radical (unpaired) electrons. The Balaban J connectivity index is 1.53. The topological polar surface area (TPSA) is 66.9 Å². The van der Waals surface area contributed by atoms with Crippen molar-refractivity contribution in [3.8, 4) is 0 Å². The maximum Gasteiger partial charge on any atom is 0.139 e. The lowest BCUT2D eigenvalue weighted by Gasteiger charge is -2.60. The zero-order chi connectivity index (χ0) is 12.8. The van der Waals surface area contributed by atoms with Gasteiger partial charge < -0.3 is 4.55 Å². The third-order valence-corrected chi connectivity index (χ3v) is 4.77. The molecule has 0 aromatic heterocycles. The van der Waals surface area contributed by atoms with E-state index in [-0.39, 0.29) is 5.75 Å². The molecule has 4 heterocycles. The Morgan fingerprint density at radius 3 is 1.89 bits per heavy atom. The number of rotatable bonds is 5. The van der Waals surface area contributed by atoms with Crippen molar-refractivity contribution in [2.75, 3.05) is 52.3 Å². The van der Waals surface area contributed by atoms with Crippen LogP contribution in [0.3, 0.4) is 0 Å². The molecule has 7 nitrogen and oxygen atoms in total. The summed E-state index contributed by atoms with van der Waals surface area (Å²) < 4.78 is 32.7. The van der Waals surface area contributed by atoms with Gasteiger partial charge >= 0.3 is 0 Å². The van der Waals surface area contributed by atoms with Gasteiger partial charge in [-0.2, -0.15) is 0 Å². The third kappa shape index (κ3) is 2.68. The number of unbranched alkanes of at least 4 members (excludes halogenated alkanes) is 1. The van der Waals surface area contributed by atoms with E-state index in [1.54, 1.807) is 0 Å². The molecule has 0 N–H and O–H groups in total. The van der Waals surface area contributed by atoms with Crippen LogP contribution in [0.25, 0.3) is 0 Å². The number of quaternary nitrogens is 1. The van der Waals surface area contributed by atoms with Crippen LogP contribution in [0.1, 0.15) is 12.8 Å². The van der Waals surface area contributed by atoms with E-state index in [1.165, 1.54) is 0 Å². The van der Waals surface area contributed by atoms with Gasteiger partial charge in [0.2, 0.25) is 0 Å². The van der Waals surface area contributed by atoms with Gasteiger partial charge in [0.25, 0.3) is 0 Å². The Bertz CT molecular complexity index is 390. The van der Waals surface area contributed by atoms with Crippen LogP contribution in [0.2, 0.25) is 0 Å². The van der Waals surface area contributed by atoms with Crippen LogP contribution in [0.4, 0.5) is 0 Å². The average Bonchev–Trinajstić information content (AvgIpc) is 2.21. The summed E-state index contributed by atoms with van der Waals surface area (Å²) in [5, 5.41) is 0. The Morgan fingerprint density at radius 2 is 1.44 bits per heavy atom. The largest absolute Gasteiger partial charge is 0.748 e. The molecule has 0 amide bonds. The molecule has 8 heteroatoms. The summed E-state index contributed by atoms with van der Waals surface area (Å²) in [6.45, 7) is 7.35. The van der Waals surface area contributed by atoms with E-state index in [4.69, 9.17) is 0 Å². The maximum absolute atomic E-state index is 10.6. The highest BCUT2D eigenvalue weighted by Crippen LogP contribution is 2.28. The summed E-state index contributed by atoms with van der Waals surface area (Å²) in [7, 11) is -4.04. The molecule has 4 bridgehead atoms. The molecule has 0 aliphatic carbocycles. The van der Waals surface area contributed by atoms with Crippen molar-refractivity contribution in [2.45, 2.75) is 12.8 Å². The van der Waals surface area contributed by atoms with Crippen molar-refractivity contribution in [2.24, 2.45) is 0 Å². The first-order valence-electron chi connectivity index (χ1n) is 6.40. The van der Waals surface area contributed by atoms with Crippen LogP contribution < -0.4 is 0 Å². The van der Waals surface area contributed by atoms with Gasteiger partial charge in [-0.25, -0.2) is 23.1 Å². The van der Waals surface area contributed by atoms with Crippen LogP contribution >= 0.6 is 0 Å². The summed E-state index contributed by atoms with van der Waals surface area (Å²) in [4.78, 5) is 7.29. The second kappa shape index (κ2) is 4.39. The highest BCUT2D eigenvalue weighted by atomic mass is 32.2. The van der Waals surface area contributed by atoms with Crippen molar-refractivity contribution in [3.63, 3.8) is 0 Å². The minimum atomic E-state index is -4.04. The molecule has 0 unspecified atom stereocenters. The van der Waals surface area contributed by atoms with Crippen LogP contribution in [-0.4, -0.2) is 84.5 Å². The van der Waals surface area contributed by atoms with Crippen LogP contribution in [0, 0.1) is 0 Å². The summed E-state index contributed by atoms with van der Waals surface area (Å²) >= 11 is 0. The second-order valence-corrected chi connectivity index (χ2v) is 7.42. The quantitative estimate of drug-likeness (QED) is 0.358. The second-order valence-electron chi connectivity index (χ2n) is 5.90. The van der Waals surface area contributed by atoms with Gasteiger partial charge in [-0.05, 0) is 12.8 Å². The summed E-state index contributed by atoms with van der Waals surface area (Å²) in [5.74, 6) is -0.218. The molecule has 4 aliphatic heterocycles. The zero-order valence-electron chi connectivity index (χ0n) is 10.5.